The molecule has 1 aromatic rings. The number of rotatable bonds is 1. The molecule has 62 valence electrons. The predicted octanol–water partition coefficient (Wildman–Crippen LogP) is 1.79. The summed E-state index contributed by atoms with van der Waals surface area (Å²) >= 11 is 1.93. The van der Waals surface area contributed by atoms with Crippen LogP contribution >= 0.6 is 22.6 Å². The fourth-order valence-electron chi connectivity index (χ4n) is 0.795. The molecule has 0 aliphatic rings. The monoisotopic (exact) mass is 277 g/mol. The third-order valence-electron chi connectivity index (χ3n) is 1.43. The number of halogens is 2. The predicted molar refractivity (Wildman–Crippen MR) is 49.8 cm³/mol. The molecule has 2 nitrogen and oxygen atoms in total. The topological polar surface area (TPSA) is 44.0 Å². The zero-order valence-electron chi connectivity index (χ0n) is 6.01. The first-order valence-electron chi connectivity index (χ1n) is 3.18. The van der Waals surface area contributed by atoms with E-state index in [1.165, 1.54) is 6.07 Å². The van der Waals surface area contributed by atoms with Crippen molar-refractivity contribution < 1.29 is 9.50 Å². The Labute approximate surface area is 82.8 Å². The van der Waals surface area contributed by atoms with Crippen molar-refractivity contribution in [2.75, 3.05) is 0 Å². The highest BCUT2D eigenvalue weighted by molar-refractivity contribution is 14.1. The maximum Gasteiger partial charge on any atom is 0.130 e. The molecule has 0 saturated carbocycles. The molecular formula is C8H5FINO. The molecule has 0 aliphatic heterocycles. The van der Waals surface area contributed by atoms with E-state index < -0.39 is 5.82 Å². The van der Waals surface area contributed by atoms with Gasteiger partial charge in [-0.15, -0.1) is 0 Å². The van der Waals surface area contributed by atoms with Crippen molar-refractivity contribution in [1.29, 1.82) is 5.26 Å². The molecule has 0 amide bonds. The third-order valence-corrected chi connectivity index (χ3v) is 2.32. The lowest BCUT2D eigenvalue weighted by atomic mass is 10.1. The van der Waals surface area contributed by atoms with Crippen LogP contribution in [0.3, 0.4) is 0 Å². The Balaban J connectivity index is 3.28. The molecule has 4 heteroatoms. The number of aliphatic hydroxyl groups is 1. The fraction of sp³-hybridized carbons (Fsp3) is 0.125. The summed E-state index contributed by atoms with van der Waals surface area (Å²) in [6, 6.07) is 4.46. The van der Waals surface area contributed by atoms with Gasteiger partial charge in [-0.2, -0.15) is 5.26 Å². The van der Waals surface area contributed by atoms with Gasteiger partial charge in [0, 0.05) is 9.13 Å². The summed E-state index contributed by atoms with van der Waals surface area (Å²) < 4.78 is 13.6. The average molecular weight is 277 g/mol. The summed E-state index contributed by atoms with van der Waals surface area (Å²) in [7, 11) is 0. The lowest BCUT2D eigenvalue weighted by molar-refractivity contribution is 0.275. The van der Waals surface area contributed by atoms with Crippen molar-refractivity contribution in [3.8, 4) is 6.07 Å². The van der Waals surface area contributed by atoms with Gasteiger partial charge in [-0.25, -0.2) is 4.39 Å². The normalized spacial score (nSPS) is 9.50. The molecule has 1 rings (SSSR count). The summed E-state index contributed by atoms with van der Waals surface area (Å²) in [5, 5.41) is 17.2. The molecule has 1 aromatic carbocycles. The number of nitriles is 1. The van der Waals surface area contributed by atoms with E-state index in [1.807, 2.05) is 28.7 Å². The number of benzene rings is 1. The molecule has 0 spiro atoms. The maximum atomic E-state index is 12.9. The fourth-order valence-corrected chi connectivity index (χ4v) is 1.45. The van der Waals surface area contributed by atoms with Gasteiger partial charge in [-0.3, -0.25) is 0 Å². The van der Waals surface area contributed by atoms with Crippen molar-refractivity contribution in [3.05, 3.63) is 32.6 Å². The Morgan fingerprint density at radius 1 is 1.58 bits per heavy atom. The number of hydrogen-bond donors (Lipinski definition) is 1. The van der Waals surface area contributed by atoms with Gasteiger partial charge < -0.3 is 5.11 Å². The molecule has 0 radical (unpaired) electrons. The molecule has 0 aliphatic carbocycles. The Bertz CT molecular complexity index is 345. The Morgan fingerprint density at radius 3 is 2.75 bits per heavy atom. The van der Waals surface area contributed by atoms with E-state index in [0.717, 1.165) is 6.07 Å². The quantitative estimate of drug-likeness (QED) is 0.795. The molecule has 0 atom stereocenters. The van der Waals surface area contributed by atoms with Crippen LogP contribution in [0.5, 0.6) is 0 Å². The van der Waals surface area contributed by atoms with Gasteiger partial charge in [0.2, 0.25) is 0 Å². The summed E-state index contributed by atoms with van der Waals surface area (Å²) in [5.41, 5.74) is 0.517. The minimum atomic E-state index is -0.533. The van der Waals surface area contributed by atoms with Crippen molar-refractivity contribution >= 4 is 22.6 Å². The molecule has 0 saturated heterocycles. The Morgan fingerprint density at radius 2 is 2.25 bits per heavy atom. The highest BCUT2D eigenvalue weighted by Gasteiger charge is 2.06. The first-order chi connectivity index (χ1) is 5.69. The van der Waals surface area contributed by atoms with Crippen LogP contribution in [0.2, 0.25) is 0 Å². The van der Waals surface area contributed by atoms with Crippen LogP contribution < -0.4 is 0 Å². The second-order valence-electron chi connectivity index (χ2n) is 2.19. The highest BCUT2D eigenvalue weighted by Crippen LogP contribution is 2.17. The van der Waals surface area contributed by atoms with E-state index in [0.29, 0.717) is 9.13 Å². The van der Waals surface area contributed by atoms with E-state index in [9.17, 15) is 4.39 Å². The second-order valence-corrected chi connectivity index (χ2v) is 3.36. The van der Waals surface area contributed by atoms with Crippen LogP contribution in [-0.4, -0.2) is 5.11 Å². The number of aliphatic hydroxyl groups excluding tert-OH is 1. The van der Waals surface area contributed by atoms with Crippen LogP contribution in [0.1, 0.15) is 11.1 Å². The van der Waals surface area contributed by atoms with Gasteiger partial charge >= 0.3 is 0 Å². The summed E-state index contributed by atoms with van der Waals surface area (Å²) in [5.74, 6) is -0.533. The molecule has 12 heavy (non-hydrogen) atoms. The standard InChI is InChI=1S/C8H5FINO/c9-7-1-5(3-11)8(10)2-6(7)4-12/h1-2,12H,4H2. The first kappa shape index (κ1) is 9.42. The zero-order chi connectivity index (χ0) is 9.14. The lowest BCUT2D eigenvalue weighted by Crippen LogP contribution is -1.93. The Hall–Kier alpha value is -0.670. The third kappa shape index (κ3) is 1.73. The minimum Gasteiger partial charge on any atom is -0.392 e. The van der Waals surface area contributed by atoms with Gasteiger partial charge in [0.15, 0.2) is 0 Å². The molecule has 0 aromatic heterocycles. The van der Waals surface area contributed by atoms with Gasteiger partial charge in [-0.1, -0.05) is 0 Å². The molecule has 0 bridgehead atoms. The largest absolute Gasteiger partial charge is 0.392 e. The SMILES string of the molecule is N#Cc1cc(F)c(CO)cc1I. The van der Waals surface area contributed by atoms with Crippen LogP contribution in [0, 0.1) is 20.7 Å². The molecule has 0 heterocycles. The Kier molecular flexibility index (Phi) is 3.00. The van der Waals surface area contributed by atoms with Gasteiger partial charge in [0.05, 0.1) is 12.2 Å². The summed E-state index contributed by atoms with van der Waals surface area (Å²) in [6.45, 7) is -0.340. The maximum absolute atomic E-state index is 12.9. The van der Waals surface area contributed by atoms with Crippen LogP contribution in [0.4, 0.5) is 4.39 Å². The minimum absolute atomic E-state index is 0.221. The van der Waals surface area contributed by atoms with Crippen molar-refractivity contribution in [1.82, 2.24) is 0 Å². The van der Waals surface area contributed by atoms with E-state index >= 15 is 0 Å². The van der Waals surface area contributed by atoms with Crippen molar-refractivity contribution in [2.45, 2.75) is 6.61 Å². The van der Waals surface area contributed by atoms with E-state index in [-0.39, 0.29) is 12.2 Å². The summed E-state index contributed by atoms with van der Waals surface area (Å²) in [6.07, 6.45) is 0. The highest BCUT2D eigenvalue weighted by atomic mass is 127. The molecule has 0 fully saturated rings. The van der Waals surface area contributed by atoms with Crippen molar-refractivity contribution in [3.63, 3.8) is 0 Å². The lowest BCUT2D eigenvalue weighted by Gasteiger charge is -2.00. The van der Waals surface area contributed by atoms with Crippen LogP contribution in [0.25, 0.3) is 0 Å². The smallest absolute Gasteiger partial charge is 0.130 e. The molecule has 1 N–H and O–H groups in total. The van der Waals surface area contributed by atoms with Gasteiger partial charge in [-0.05, 0) is 34.7 Å². The first-order valence-corrected chi connectivity index (χ1v) is 4.25. The number of nitrogens with zero attached hydrogens (tertiary/aromatic N) is 1. The molecular weight excluding hydrogens is 272 g/mol. The van der Waals surface area contributed by atoms with Crippen molar-refractivity contribution in [2.24, 2.45) is 0 Å². The molecule has 0 unspecified atom stereocenters. The van der Waals surface area contributed by atoms with Crippen LogP contribution in [0.15, 0.2) is 12.1 Å². The zero-order valence-corrected chi connectivity index (χ0v) is 8.17. The number of hydrogen-bond acceptors (Lipinski definition) is 2. The van der Waals surface area contributed by atoms with Gasteiger partial charge in [0.1, 0.15) is 11.9 Å². The van der Waals surface area contributed by atoms with E-state index in [2.05, 4.69) is 0 Å². The van der Waals surface area contributed by atoms with Gasteiger partial charge in [0.25, 0.3) is 0 Å². The van der Waals surface area contributed by atoms with Crippen LogP contribution in [-0.2, 0) is 6.61 Å². The average Bonchev–Trinajstić information content (AvgIpc) is 2.08. The van der Waals surface area contributed by atoms with E-state index in [1.54, 1.807) is 0 Å². The second kappa shape index (κ2) is 3.83. The summed E-state index contributed by atoms with van der Waals surface area (Å²) in [4.78, 5) is 0. The van der Waals surface area contributed by atoms with E-state index in [4.69, 9.17) is 10.4 Å².